The maximum atomic E-state index is 14.0. The molecule has 4 amide bonds. The van der Waals surface area contributed by atoms with Gasteiger partial charge >= 0.3 is 0 Å². The zero-order chi connectivity index (χ0) is 43.5. The number of fused-ring (bicyclic) bond motifs is 1. The average molecular weight is 836 g/mol. The van der Waals surface area contributed by atoms with E-state index in [0.717, 1.165) is 10.3 Å². The second-order valence-corrected chi connectivity index (χ2v) is 16.4. The quantitative estimate of drug-likeness (QED) is 0.0251. The number of amides is 4. The van der Waals surface area contributed by atoms with E-state index in [4.69, 9.17) is 22.2 Å². The molecule has 0 aliphatic heterocycles. The van der Waals surface area contributed by atoms with Crippen molar-refractivity contribution < 1.29 is 33.9 Å². The number of ketones is 2. The van der Waals surface area contributed by atoms with E-state index < -0.39 is 60.3 Å². The first-order chi connectivity index (χ1) is 28.1. The molecule has 59 heavy (non-hydrogen) atoms. The van der Waals surface area contributed by atoms with Crippen molar-refractivity contribution in [2.75, 3.05) is 19.7 Å². The molecule has 3 aromatic rings. The molecule has 0 bridgehead atoms. The van der Waals surface area contributed by atoms with Gasteiger partial charge in [-0.05, 0) is 88.1 Å². The van der Waals surface area contributed by atoms with Gasteiger partial charge in [-0.25, -0.2) is 4.98 Å². The van der Waals surface area contributed by atoms with Gasteiger partial charge < -0.3 is 43.6 Å². The molecule has 0 aliphatic rings. The SMILES string of the molecule is CC(=O)N[C@@H](CO)C(=O)N[C@@H](CCCCN)C(=O)N[C@@H](CC(C)C)C(=O)N[C@@H](CCCN=C(N)N)Cc1nc2ccc(C(=O)C[C@@H](Cc3ccccc3)C(C)=O)cc2s1. The fourth-order valence-corrected chi connectivity index (χ4v) is 7.65. The highest BCUT2D eigenvalue weighted by molar-refractivity contribution is 7.18. The average Bonchev–Trinajstić information content (AvgIpc) is 3.59. The number of thiazole rings is 1. The Labute approximate surface area is 349 Å². The number of aromatic nitrogens is 1. The Morgan fingerprint density at radius 2 is 1.49 bits per heavy atom. The van der Waals surface area contributed by atoms with Crippen molar-refractivity contribution >= 4 is 62.7 Å². The number of carbonyl (C=O) groups excluding carboxylic acids is 6. The van der Waals surface area contributed by atoms with Gasteiger partial charge in [-0.1, -0.05) is 44.2 Å². The molecule has 0 fully saturated rings. The van der Waals surface area contributed by atoms with Crippen molar-refractivity contribution in [1.29, 1.82) is 0 Å². The largest absolute Gasteiger partial charge is 0.394 e. The minimum atomic E-state index is -1.26. The van der Waals surface area contributed by atoms with Crippen LogP contribution in [0.2, 0.25) is 0 Å². The molecule has 11 N–H and O–H groups in total. The highest BCUT2D eigenvalue weighted by Gasteiger charge is 2.30. The number of nitrogens with one attached hydrogen (secondary N) is 4. The second-order valence-electron chi connectivity index (χ2n) is 15.2. The number of aliphatic imine (C=N–C) groups is 1. The number of nitrogens with two attached hydrogens (primary N) is 3. The van der Waals surface area contributed by atoms with Crippen LogP contribution in [0.25, 0.3) is 10.2 Å². The van der Waals surface area contributed by atoms with Crippen molar-refractivity contribution in [2.45, 2.75) is 110 Å². The fourth-order valence-electron chi connectivity index (χ4n) is 6.57. The minimum absolute atomic E-state index is 0.000386. The number of aliphatic hydroxyl groups is 1. The van der Waals surface area contributed by atoms with Gasteiger partial charge in [-0.2, -0.15) is 0 Å². The van der Waals surface area contributed by atoms with Gasteiger partial charge in [0.15, 0.2) is 11.7 Å². The Bertz CT molecular complexity index is 1900. The predicted octanol–water partition coefficient (Wildman–Crippen LogP) is 2.04. The predicted molar refractivity (Wildman–Crippen MR) is 229 cm³/mol. The van der Waals surface area contributed by atoms with Crippen molar-refractivity contribution in [2.24, 2.45) is 34.0 Å². The first-order valence-corrected chi connectivity index (χ1v) is 20.9. The molecule has 0 aliphatic carbocycles. The molecule has 1 heterocycles. The maximum Gasteiger partial charge on any atom is 0.245 e. The lowest BCUT2D eigenvalue weighted by molar-refractivity contribution is -0.134. The molecule has 0 unspecified atom stereocenters. The zero-order valence-corrected chi connectivity index (χ0v) is 35.3. The molecule has 322 valence electrons. The molecule has 16 nitrogen and oxygen atoms in total. The van der Waals surface area contributed by atoms with E-state index in [9.17, 15) is 33.9 Å². The first-order valence-electron chi connectivity index (χ1n) is 20.1. The number of benzene rings is 2. The molecule has 17 heteroatoms. The van der Waals surface area contributed by atoms with Crippen LogP contribution in [-0.2, 0) is 36.8 Å². The molecular formula is C42H61N9O7S. The monoisotopic (exact) mass is 835 g/mol. The number of rotatable bonds is 26. The van der Waals surface area contributed by atoms with Crippen molar-refractivity contribution in [3.05, 3.63) is 64.7 Å². The number of aliphatic hydroxyl groups excluding tert-OH is 1. The Kier molecular flexibility index (Phi) is 20.1. The summed E-state index contributed by atoms with van der Waals surface area (Å²) < 4.78 is 0.786. The van der Waals surface area contributed by atoms with Gasteiger partial charge in [0.25, 0.3) is 0 Å². The Hall–Kier alpha value is -5.26. The van der Waals surface area contributed by atoms with E-state index in [1.54, 1.807) is 18.2 Å². The smallest absolute Gasteiger partial charge is 0.245 e. The van der Waals surface area contributed by atoms with Gasteiger partial charge in [-0.15, -0.1) is 11.3 Å². The fraction of sp³-hybridized carbons (Fsp3) is 0.524. The molecule has 3 rings (SSSR count). The third-order valence-electron chi connectivity index (χ3n) is 9.66. The summed E-state index contributed by atoms with van der Waals surface area (Å²) in [6.07, 6.45) is 3.50. The summed E-state index contributed by atoms with van der Waals surface area (Å²) in [5.41, 5.74) is 18.9. The van der Waals surface area contributed by atoms with Crippen LogP contribution < -0.4 is 38.5 Å². The Morgan fingerprint density at radius 3 is 2.12 bits per heavy atom. The summed E-state index contributed by atoms with van der Waals surface area (Å²) in [6, 6.07) is 11.2. The highest BCUT2D eigenvalue weighted by Crippen LogP contribution is 2.27. The molecule has 0 radical (unpaired) electrons. The van der Waals surface area contributed by atoms with E-state index in [0.29, 0.717) is 74.1 Å². The zero-order valence-electron chi connectivity index (χ0n) is 34.5. The van der Waals surface area contributed by atoms with Gasteiger partial charge in [0, 0.05) is 43.8 Å². The highest BCUT2D eigenvalue weighted by atomic mass is 32.1. The van der Waals surface area contributed by atoms with Crippen molar-refractivity contribution in [1.82, 2.24) is 26.3 Å². The summed E-state index contributed by atoms with van der Waals surface area (Å²) in [6.45, 7) is 6.59. The molecule has 0 saturated carbocycles. The van der Waals surface area contributed by atoms with Crippen LogP contribution in [0.4, 0.5) is 0 Å². The lowest BCUT2D eigenvalue weighted by Gasteiger charge is -2.27. The van der Waals surface area contributed by atoms with E-state index in [-0.39, 0.29) is 36.3 Å². The molecule has 0 spiro atoms. The number of Topliss-reactive ketones (excluding diaryl/α,β-unsaturated/α-hetero) is 2. The molecule has 2 aromatic carbocycles. The van der Waals surface area contributed by atoms with E-state index >= 15 is 0 Å². The number of guanidine groups is 1. The summed E-state index contributed by atoms with van der Waals surface area (Å²) in [7, 11) is 0. The van der Waals surface area contributed by atoms with Crippen LogP contribution in [0, 0.1) is 11.8 Å². The summed E-state index contributed by atoms with van der Waals surface area (Å²) in [5, 5.41) is 21.3. The normalized spacial score (nSPS) is 13.7. The third kappa shape index (κ3) is 16.9. The van der Waals surface area contributed by atoms with Gasteiger partial charge in [0.05, 0.1) is 21.8 Å². The molecule has 0 saturated heterocycles. The lowest BCUT2D eigenvalue weighted by atomic mass is 9.89. The molecule has 5 atom stereocenters. The summed E-state index contributed by atoms with van der Waals surface area (Å²) in [4.78, 5) is 87.1. The van der Waals surface area contributed by atoms with Crippen LogP contribution in [0.5, 0.6) is 0 Å². The lowest BCUT2D eigenvalue weighted by Crippen LogP contribution is -2.58. The number of hydrogen-bond donors (Lipinski definition) is 8. The number of hydrogen-bond acceptors (Lipinski definition) is 11. The van der Waals surface area contributed by atoms with Crippen LogP contribution in [0.15, 0.2) is 53.5 Å². The minimum Gasteiger partial charge on any atom is -0.394 e. The van der Waals surface area contributed by atoms with Crippen LogP contribution >= 0.6 is 11.3 Å². The van der Waals surface area contributed by atoms with Gasteiger partial charge in [0.1, 0.15) is 23.9 Å². The Morgan fingerprint density at radius 1 is 0.814 bits per heavy atom. The van der Waals surface area contributed by atoms with E-state index in [1.165, 1.54) is 25.2 Å². The van der Waals surface area contributed by atoms with Crippen LogP contribution in [0.1, 0.15) is 93.6 Å². The Balaban J connectivity index is 1.81. The van der Waals surface area contributed by atoms with Gasteiger partial charge in [-0.3, -0.25) is 33.8 Å². The number of nitrogens with zero attached hydrogens (tertiary/aromatic N) is 2. The molecule has 1 aromatic heterocycles. The first kappa shape index (κ1) is 48.1. The van der Waals surface area contributed by atoms with Crippen molar-refractivity contribution in [3.8, 4) is 0 Å². The third-order valence-corrected chi connectivity index (χ3v) is 10.7. The molecular weight excluding hydrogens is 775 g/mol. The topological polar surface area (TPSA) is 274 Å². The van der Waals surface area contributed by atoms with E-state index in [1.807, 2.05) is 44.2 Å². The van der Waals surface area contributed by atoms with Crippen LogP contribution in [0.3, 0.4) is 0 Å². The van der Waals surface area contributed by atoms with Gasteiger partial charge in [0.2, 0.25) is 23.6 Å². The van der Waals surface area contributed by atoms with Crippen molar-refractivity contribution in [3.63, 3.8) is 0 Å². The number of unbranched alkanes of at least 4 members (excludes halogenated alkanes) is 1. The van der Waals surface area contributed by atoms with E-state index in [2.05, 4.69) is 26.3 Å². The van der Waals surface area contributed by atoms with Crippen LogP contribution in [-0.4, -0.2) is 95.1 Å². The number of carbonyl (C=O) groups is 6. The standard InChI is InChI=1S/C42H61N9O7S/c1-25(2)19-34(51-39(56)33(14-8-9-17-43)50-41(58)35(24-52)47-27(4)54)40(57)48-31(13-10-18-46-42(44)45)23-38-49-32-16-15-29(22-37(32)59-38)36(55)21-30(26(3)53)20-28-11-6-5-7-12-28/h5-7,11-12,15-16,22,25,30-31,33-35,52H,8-10,13-14,17-21,23-24,43H2,1-4H3,(H,47,54)(H,48,57)(H,50,58)(H,51,56)(H4,44,45,46)/t30-,31+,33+,34+,35+/m1/s1. The maximum absolute atomic E-state index is 14.0. The second kappa shape index (κ2) is 24.6. The summed E-state index contributed by atoms with van der Waals surface area (Å²) in [5.74, 6) is -2.96. The summed E-state index contributed by atoms with van der Waals surface area (Å²) >= 11 is 1.40.